The van der Waals surface area contributed by atoms with Crippen molar-refractivity contribution in [2.45, 2.75) is 45.4 Å². The van der Waals surface area contributed by atoms with E-state index in [0.29, 0.717) is 17.3 Å². The molecule has 1 aromatic rings. The predicted octanol–water partition coefficient (Wildman–Crippen LogP) is 2.51. The lowest BCUT2D eigenvalue weighted by molar-refractivity contribution is 0.519. The van der Waals surface area contributed by atoms with Gasteiger partial charge >= 0.3 is 0 Å². The molecule has 6 nitrogen and oxygen atoms in total. The average Bonchev–Trinajstić information content (AvgIpc) is 3.34. The molecule has 0 amide bonds. The summed E-state index contributed by atoms with van der Waals surface area (Å²) >= 11 is 0. The normalized spacial score (nSPS) is 20.2. The van der Waals surface area contributed by atoms with Crippen LogP contribution >= 0.6 is 0 Å². The topological polar surface area (TPSA) is 66.0 Å². The van der Waals surface area contributed by atoms with Crippen LogP contribution in [0.4, 0.5) is 17.8 Å². The van der Waals surface area contributed by atoms with Gasteiger partial charge in [-0.05, 0) is 43.9 Å². The highest BCUT2D eigenvalue weighted by Gasteiger charge is 2.40. The average molecular weight is 290 g/mol. The lowest BCUT2D eigenvalue weighted by Crippen LogP contribution is -2.31. The molecule has 1 aliphatic carbocycles. The van der Waals surface area contributed by atoms with E-state index in [2.05, 4.69) is 37.4 Å². The zero-order valence-electron chi connectivity index (χ0n) is 13.2. The summed E-state index contributed by atoms with van der Waals surface area (Å²) < 4.78 is 0. The van der Waals surface area contributed by atoms with Crippen molar-refractivity contribution < 1.29 is 0 Å². The zero-order chi connectivity index (χ0) is 14.7. The molecule has 116 valence electrons. The van der Waals surface area contributed by atoms with E-state index in [-0.39, 0.29) is 0 Å². The Labute approximate surface area is 126 Å². The first-order valence-corrected chi connectivity index (χ1v) is 8.17. The minimum absolute atomic E-state index is 0.484. The maximum atomic E-state index is 4.62. The third-order valence-corrected chi connectivity index (χ3v) is 4.81. The lowest BCUT2D eigenvalue weighted by atomic mass is 10.0. The summed E-state index contributed by atoms with van der Waals surface area (Å²) in [7, 11) is 1.85. The van der Waals surface area contributed by atoms with Gasteiger partial charge in [0.1, 0.15) is 0 Å². The van der Waals surface area contributed by atoms with Gasteiger partial charge in [0.05, 0.1) is 0 Å². The highest BCUT2D eigenvalue weighted by Crippen LogP contribution is 2.48. The first kappa shape index (κ1) is 14.4. The molecule has 0 spiro atoms. The van der Waals surface area contributed by atoms with Crippen molar-refractivity contribution >= 4 is 17.8 Å². The van der Waals surface area contributed by atoms with Crippen LogP contribution in [0.5, 0.6) is 0 Å². The van der Waals surface area contributed by atoms with Gasteiger partial charge in [0.15, 0.2) is 0 Å². The van der Waals surface area contributed by atoms with E-state index in [4.69, 9.17) is 0 Å². The summed E-state index contributed by atoms with van der Waals surface area (Å²) in [6, 6.07) is 0. The standard InChI is InChI=1S/C15H26N6/c1-3-15(7-8-15)11-17-13-18-12(16-2)19-14(20-13)21-9-5-4-6-10-21/h3-11H2,1-2H3,(H2,16,17,18,19,20). The largest absolute Gasteiger partial charge is 0.357 e. The van der Waals surface area contributed by atoms with Crippen molar-refractivity contribution in [1.29, 1.82) is 0 Å². The molecule has 0 bridgehead atoms. The van der Waals surface area contributed by atoms with Crippen molar-refractivity contribution in [2.75, 3.05) is 42.2 Å². The Kier molecular flexibility index (Phi) is 4.12. The Morgan fingerprint density at radius 3 is 2.38 bits per heavy atom. The molecule has 0 atom stereocenters. The Morgan fingerprint density at radius 2 is 1.76 bits per heavy atom. The predicted molar refractivity (Wildman–Crippen MR) is 85.9 cm³/mol. The monoisotopic (exact) mass is 290 g/mol. The van der Waals surface area contributed by atoms with Gasteiger partial charge in [-0.2, -0.15) is 15.0 Å². The molecule has 1 aromatic heterocycles. The number of nitrogens with one attached hydrogen (secondary N) is 2. The summed E-state index contributed by atoms with van der Waals surface area (Å²) in [5.74, 6) is 2.15. The van der Waals surface area contributed by atoms with Gasteiger partial charge < -0.3 is 15.5 Å². The Balaban J connectivity index is 1.73. The fourth-order valence-corrected chi connectivity index (χ4v) is 2.89. The third kappa shape index (κ3) is 3.36. The second-order valence-electron chi connectivity index (χ2n) is 6.29. The van der Waals surface area contributed by atoms with Crippen molar-refractivity contribution in [3.8, 4) is 0 Å². The van der Waals surface area contributed by atoms with Crippen molar-refractivity contribution in [2.24, 2.45) is 5.41 Å². The highest BCUT2D eigenvalue weighted by atomic mass is 15.3. The second kappa shape index (κ2) is 6.03. The molecule has 2 aliphatic rings. The molecule has 1 saturated carbocycles. The molecule has 21 heavy (non-hydrogen) atoms. The van der Waals surface area contributed by atoms with Crippen LogP contribution < -0.4 is 15.5 Å². The molecule has 6 heteroatoms. The number of nitrogens with zero attached hydrogens (tertiary/aromatic N) is 4. The van der Waals surface area contributed by atoms with Gasteiger partial charge in [-0.15, -0.1) is 0 Å². The molecule has 2 fully saturated rings. The van der Waals surface area contributed by atoms with Gasteiger partial charge in [0, 0.05) is 26.7 Å². The van der Waals surface area contributed by atoms with Crippen LogP contribution in [0.25, 0.3) is 0 Å². The molecule has 3 rings (SSSR count). The molecule has 2 N–H and O–H groups in total. The van der Waals surface area contributed by atoms with E-state index in [0.717, 1.165) is 25.6 Å². The molecular formula is C15H26N6. The molecule has 0 unspecified atom stereocenters. The summed E-state index contributed by atoms with van der Waals surface area (Å²) in [6.07, 6.45) is 7.62. The Morgan fingerprint density at radius 1 is 1.05 bits per heavy atom. The summed E-state index contributed by atoms with van der Waals surface area (Å²) in [5, 5.41) is 6.47. The van der Waals surface area contributed by atoms with Crippen LogP contribution in [-0.2, 0) is 0 Å². The van der Waals surface area contributed by atoms with E-state index >= 15 is 0 Å². The summed E-state index contributed by atoms with van der Waals surface area (Å²) in [5.41, 5.74) is 0.484. The first-order chi connectivity index (χ1) is 10.2. The van der Waals surface area contributed by atoms with E-state index in [1.165, 1.54) is 38.5 Å². The summed E-state index contributed by atoms with van der Waals surface area (Å²) in [4.78, 5) is 15.8. The van der Waals surface area contributed by atoms with Crippen molar-refractivity contribution in [3.63, 3.8) is 0 Å². The molecule has 0 radical (unpaired) electrons. The number of aromatic nitrogens is 3. The maximum Gasteiger partial charge on any atom is 0.231 e. The van der Waals surface area contributed by atoms with Crippen LogP contribution in [0, 0.1) is 5.41 Å². The Hall–Kier alpha value is -1.59. The number of anilines is 3. The molecular weight excluding hydrogens is 264 g/mol. The maximum absolute atomic E-state index is 4.62. The smallest absolute Gasteiger partial charge is 0.231 e. The Bertz CT molecular complexity index is 479. The van der Waals surface area contributed by atoms with Crippen LogP contribution in [0.3, 0.4) is 0 Å². The van der Waals surface area contributed by atoms with E-state index in [1.807, 2.05) is 7.05 Å². The molecule has 2 heterocycles. The minimum atomic E-state index is 0.484. The van der Waals surface area contributed by atoms with Crippen LogP contribution in [0.15, 0.2) is 0 Å². The van der Waals surface area contributed by atoms with Gasteiger partial charge in [0.25, 0.3) is 0 Å². The fourth-order valence-electron chi connectivity index (χ4n) is 2.89. The lowest BCUT2D eigenvalue weighted by Gasteiger charge is -2.27. The second-order valence-corrected chi connectivity index (χ2v) is 6.29. The van der Waals surface area contributed by atoms with Crippen LogP contribution in [0.2, 0.25) is 0 Å². The number of hydrogen-bond acceptors (Lipinski definition) is 6. The van der Waals surface area contributed by atoms with Crippen molar-refractivity contribution in [3.05, 3.63) is 0 Å². The SMILES string of the molecule is CCC1(CNc2nc(NC)nc(N3CCCCC3)n2)CC1. The molecule has 0 aromatic carbocycles. The third-order valence-electron chi connectivity index (χ3n) is 4.81. The van der Waals surface area contributed by atoms with Gasteiger partial charge in [-0.25, -0.2) is 0 Å². The molecule has 1 saturated heterocycles. The van der Waals surface area contributed by atoms with Gasteiger partial charge in [-0.1, -0.05) is 6.92 Å². The highest BCUT2D eigenvalue weighted by molar-refractivity contribution is 5.44. The van der Waals surface area contributed by atoms with Gasteiger partial charge in [0.2, 0.25) is 17.8 Å². The molecule has 1 aliphatic heterocycles. The van der Waals surface area contributed by atoms with Crippen LogP contribution in [0.1, 0.15) is 45.4 Å². The van der Waals surface area contributed by atoms with E-state index in [9.17, 15) is 0 Å². The number of piperidine rings is 1. The minimum Gasteiger partial charge on any atom is -0.357 e. The first-order valence-electron chi connectivity index (χ1n) is 8.17. The van der Waals surface area contributed by atoms with Gasteiger partial charge in [-0.3, -0.25) is 0 Å². The number of rotatable bonds is 6. The summed E-state index contributed by atoms with van der Waals surface area (Å²) in [6.45, 7) is 5.33. The van der Waals surface area contributed by atoms with Crippen LogP contribution in [-0.4, -0.2) is 41.6 Å². The van der Waals surface area contributed by atoms with E-state index < -0.39 is 0 Å². The van der Waals surface area contributed by atoms with Crippen molar-refractivity contribution in [1.82, 2.24) is 15.0 Å². The quantitative estimate of drug-likeness (QED) is 0.839. The zero-order valence-corrected chi connectivity index (χ0v) is 13.2. The number of hydrogen-bond donors (Lipinski definition) is 2. The fraction of sp³-hybridized carbons (Fsp3) is 0.800. The van der Waals surface area contributed by atoms with E-state index in [1.54, 1.807) is 0 Å².